The number of ketones is 1. The van der Waals surface area contributed by atoms with Crippen LogP contribution in [0.25, 0.3) is 0 Å². The maximum Gasteiger partial charge on any atom is 0.338 e. The van der Waals surface area contributed by atoms with Crippen LogP contribution >= 0.6 is 0 Å². The van der Waals surface area contributed by atoms with Crippen molar-refractivity contribution in [2.45, 2.75) is 11.4 Å². The van der Waals surface area contributed by atoms with E-state index in [0.717, 1.165) is 0 Å². The average Bonchev–Trinajstić information content (AvgIpc) is 3.34. The van der Waals surface area contributed by atoms with Crippen molar-refractivity contribution in [3.63, 3.8) is 0 Å². The number of ether oxygens (including phenoxy) is 3. The fraction of sp³-hybridized carbons (Fsp3) is 0.182. The Kier molecular flexibility index (Phi) is 7.29. The van der Waals surface area contributed by atoms with Crippen LogP contribution in [0.1, 0.15) is 26.5 Å². The fourth-order valence-corrected chi connectivity index (χ4v) is 3.75. The van der Waals surface area contributed by atoms with E-state index in [4.69, 9.17) is 18.6 Å². The third kappa shape index (κ3) is 5.54. The Morgan fingerprint density at radius 3 is 2.38 bits per heavy atom. The van der Waals surface area contributed by atoms with Gasteiger partial charge >= 0.3 is 5.97 Å². The zero-order valence-corrected chi connectivity index (χ0v) is 18.2. The lowest BCUT2D eigenvalue weighted by Gasteiger charge is -2.10. The molecule has 168 valence electrons. The molecule has 1 aromatic heterocycles. The number of carbonyl (C=O) groups excluding carboxylic acids is 2. The van der Waals surface area contributed by atoms with E-state index >= 15 is 0 Å². The maximum atomic E-state index is 12.5. The molecule has 0 atom stereocenters. The van der Waals surface area contributed by atoms with Crippen LogP contribution in [-0.4, -0.2) is 41.0 Å². The lowest BCUT2D eigenvalue weighted by molar-refractivity contribution is 0.0474. The third-order valence-electron chi connectivity index (χ3n) is 4.46. The topological polar surface area (TPSA) is 121 Å². The first-order chi connectivity index (χ1) is 15.3. The molecule has 1 heterocycles. The van der Waals surface area contributed by atoms with Crippen LogP contribution in [0, 0.1) is 0 Å². The molecule has 0 saturated heterocycles. The highest BCUT2D eigenvalue weighted by Gasteiger charge is 2.18. The van der Waals surface area contributed by atoms with Gasteiger partial charge in [0.15, 0.2) is 6.61 Å². The highest BCUT2D eigenvalue weighted by Crippen LogP contribution is 2.24. The lowest BCUT2D eigenvalue weighted by atomic mass is 10.1. The molecule has 0 spiro atoms. The predicted molar refractivity (Wildman–Crippen MR) is 113 cm³/mol. The quantitative estimate of drug-likeness (QED) is 0.363. The largest absolute Gasteiger partial charge is 0.497 e. The SMILES string of the molecule is COc1ccc(OC)c(C(=O)COC(=O)c2ccc(S(=O)(=O)NCc3ccco3)cc2)c1. The number of Topliss-reactive ketones (excluding diaryl/α,β-unsaturated/α-hetero) is 1. The molecule has 0 aliphatic carbocycles. The second kappa shape index (κ2) is 10.1. The van der Waals surface area contributed by atoms with Crippen LogP contribution in [0.15, 0.2) is 70.2 Å². The number of rotatable bonds is 10. The molecule has 3 rings (SSSR count). The van der Waals surface area contributed by atoms with Crippen molar-refractivity contribution in [1.29, 1.82) is 0 Å². The van der Waals surface area contributed by atoms with Gasteiger partial charge in [0.25, 0.3) is 0 Å². The Balaban J connectivity index is 1.62. The van der Waals surface area contributed by atoms with Crippen LogP contribution in [0.4, 0.5) is 0 Å². The third-order valence-corrected chi connectivity index (χ3v) is 5.88. The summed E-state index contributed by atoms with van der Waals surface area (Å²) in [6.45, 7) is -0.526. The summed E-state index contributed by atoms with van der Waals surface area (Å²) in [5, 5.41) is 0. The van der Waals surface area contributed by atoms with Gasteiger partial charge in [-0.25, -0.2) is 17.9 Å². The van der Waals surface area contributed by atoms with E-state index < -0.39 is 28.4 Å². The first-order valence-electron chi connectivity index (χ1n) is 9.38. The smallest absolute Gasteiger partial charge is 0.338 e. The Morgan fingerprint density at radius 2 is 1.75 bits per heavy atom. The van der Waals surface area contributed by atoms with Gasteiger partial charge in [0, 0.05) is 0 Å². The average molecular weight is 459 g/mol. The summed E-state index contributed by atoms with van der Waals surface area (Å²) in [7, 11) is -0.912. The van der Waals surface area contributed by atoms with Gasteiger partial charge in [-0.3, -0.25) is 4.79 Å². The zero-order chi connectivity index (χ0) is 23.1. The molecule has 0 saturated carbocycles. The van der Waals surface area contributed by atoms with Gasteiger partial charge in [-0.1, -0.05) is 0 Å². The summed E-state index contributed by atoms with van der Waals surface area (Å²) in [5.41, 5.74) is 0.309. The number of esters is 1. The van der Waals surface area contributed by atoms with E-state index in [9.17, 15) is 18.0 Å². The van der Waals surface area contributed by atoms with Crippen LogP contribution in [0.3, 0.4) is 0 Å². The van der Waals surface area contributed by atoms with E-state index in [0.29, 0.717) is 17.3 Å². The standard InChI is InChI=1S/C22H21NO8S/c1-28-16-7-10-21(29-2)19(12-16)20(24)14-31-22(25)15-5-8-18(9-6-15)32(26,27)23-13-17-4-3-11-30-17/h3-12,23H,13-14H2,1-2H3. The second-order valence-electron chi connectivity index (χ2n) is 6.49. The van der Waals surface area contributed by atoms with Crippen molar-refractivity contribution < 1.29 is 36.6 Å². The Bertz CT molecular complexity index is 1190. The van der Waals surface area contributed by atoms with Gasteiger partial charge in [-0.15, -0.1) is 0 Å². The van der Waals surface area contributed by atoms with E-state index in [2.05, 4.69) is 4.72 Å². The summed E-state index contributed by atoms with van der Waals surface area (Å²) < 4.78 is 47.5. The lowest BCUT2D eigenvalue weighted by Crippen LogP contribution is -2.23. The predicted octanol–water partition coefficient (Wildman–Crippen LogP) is 2.82. The molecule has 1 N–H and O–H groups in total. The van der Waals surface area contributed by atoms with E-state index in [1.807, 2.05) is 0 Å². The van der Waals surface area contributed by atoms with E-state index in [-0.39, 0.29) is 22.6 Å². The zero-order valence-electron chi connectivity index (χ0n) is 17.4. The molecule has 0 amide bonds. The molecule has 10 heteroatoms. The van der Waals surface area contributed by atoms with Gasteiger partial charge in [0.05, 0.1) is 43.0 Å². The van der Waals surface area contributed by atoms with Gasteiger partial charge < -0.3 is 18.6 Å². The van der Waals surface area contributed by atoms with E-state index in [1.165, 1.54) is 50.8 Å². The first kappa shape index (κ1) is 23.0. The fourth-order valence-electron chi connectivity index (χ4n) is 2.76. The number of nitrogens with one attached hydrogen (secondary N) is 1. The second-order valence-corrected chi connectivity index (χ2v) is 8.26. The van der Waals surface area contributed by atoms with Crippen molar-refractivity contribution in [2.75, 3.05) is 20.8 Å². The van der Waals surface area contributed by atoms with Gasteiger partial charge in [0.1, 0.15) is 17.3 Å². The van der Waals surface area contributed by atoms with Gasteiger partial charge in [-0.2, -0.15) is 0 Å². The summed E-state index contributed by atoms with van der Waals surface area (Å²) in [5.74, 6) is -0.00405. The molecule has 0 unspecified atom stereocenters. The van der Waals surface area contributed by atoms with Crippen molar-refractivity contribution in [3.05, 3.63) is 77.7 Å². The molecular weight excluding hydrogens is 438 g/mol. The Morgan fingerprint density at radius 1 is 1.00 bits per heavy atom. The molecular formula is C22H21NO8S. The summed E-state index contributed by atoms with van der Waals surface area (Å²) in [6.07, 6.45) is 1.44. The Hall–Kier alpha value is -3.63. The van der Waals surface area contributed by atoms with Crippen LogP contribution in [0.2, 0.25) is 0 Å². The van der Waals surface area contributed by atoms with Crippen molar-refractivity contribution in [1.82, 2.24) is 4.72 Å². The maximum absolute atomic E-state index is 12.5. The van der Waals surface area contributed by atoms with E-state index in [1.54, 1.807) is 24.3 Å². The van der Waals surface area contributed by atoms with Crippen LogP contribution in [-0.2, 0) is 21.3 Å². The van der Waals surface area contributed by atoms with Crippen molar-refractivity contribution >= 4 is 21.8 Å². The minimum Gasteiger partial charge on any atom is -0.497 e. The number of benzene rings is 2. The number of methoxy groups -OCH3 is 2. The van der Waals surface area contributed by atoms with Crippen LogP contribution in [0.5, 0.6) is 11.5 Å². The Labute approximate surface area is 185 Å². The summed E-state index contributed by atoms with van der Waals surface area (Å²) in [6, 6.07) is 13.2. The number of hydrogen-bond acceptors (Lipinski definition) is 8. The minimum atomic E-state index is -3.80. The molecule has 0 bridgehead atoms. The molecule has 0 aliphatic heterocycles. The monoisotopic (exact) mass is 459 g/mol. The van der Waals surface area contributed by atoms with Crippen LogP contribution < -0.4 is 14.2 Å². The molecule has 3 aromatic rings. The molecule has 9 nitrogen and oxygen atoms in total. The minimum absolute atomic E-state index is 0.00499. The van der Waals surface area contributed by atoms with Crippen molar-refractivity contribution in [2.24, 2.45) is 0 Å². The summed E-state index contributed by atoms with van der Waals surface area (Å²) in [4.78, 5) is 24.7. The molecule has 2 aromatic carbocycles. The number of furan rings is 1. The first-order valence-corrected chi connectivity index (χ1v) is 10.9. The normalized spacial score (nSPS) is 11.1. The summed E-state index contributed by atoms with van der Waals surface area (Å²) >= 11 is 0. The molecule has 32 heavy (non-hydrogen) atoms. The molecule has 0 aliphatic rings. The van der Waals surface area contributed by atoms with Gasteiger partial charge in [0.2, 0.25) is 15.8 Å². The highest BCUT2D eigenvalue weighted by atomic mass is 32.2. The van der Waals surface area contributed by atoms with Crippen molar-refractivity contribution in [3.8, 4) is 11.5 Å². The highest BCUT2D eigenvalue weighted by molar-refractivity contribution is 7.89. The number of sulfonamides is 1. The number of hydrogen-bond donors (Lipinski definition) is 1. The number of carbonyl (C=O) groups is 2. The molecule has 0 radical (unpaired) electrons. The van der Waals surface area contributed by atoms with Gasteiger partial charge in [-0.05, 0) is 54.6 Å². The molecule has 0 fully saturated rings.